The summed E-state index contributed by atoms with van der Waals surface area (Å²) in [5.41, 5.74) is 2.82. The van der Waals surface area contributed by atoms with Gasteiger partial charge >= 0.3 is 5.76 Å². The lowest BCUT2D eigenvalue weighted by Crippen LogP contribution is -2.11. The highest BCUT2D eigenvalue weighted by atomic mass is 32.2. The molecule has 0 spiro atoms. The smallest absolute Gasteiger partial charge is 0.319 e. The molecule has 2 aromatic carbocycles. The van der Waals surface area contributed by atoms with E-state index < -0.39 is 15.6 Å². The van der Waals surface area contributed by atoms with Gasteiger partial charge in [0.15, 0.2) is 5.16 Å². The number of aromatic nitrogens is 2. The third kappa shape index (κ3) is 3.55. The van der Waals surface area contributed by atoms with Crippen LogP contribution in [0.4, 0.5) is 8.78 Å². The molecule has 3 aromatic rings. The number of benzene rings is 2. The molecule has 3 rings (SSSR count). The maximum absolute atomic E-state index is 12.5. The van der Waals surface area contributed by atoms with Crippen molar-refractivity contribution in [3.05, 3.63) is 54.1 Å². The van der Waals surface area contributed by atoms with E-state index >= 15 is 0 Å². The van der Waals surface area contributed by atoms with E-state index in [2.05, 4.69) is 9.55 Å². The Hall–Kier alpha value is -1.93. The minimum Gasteiger partial charge on any atom is -0.319 e. The molecule has 8 heteroatoms. The first-order valence-corrected chi connectivity index (χ1v) is 10.2. The highest BCUT2D eigenvalue weighted by molar-refractivity contribution is 7.98. The molecular formula is C17H16F2N2O2S2. The molecule has 0 radical (unpaired) electrons. The third-order valence-corrected chi connectivity index (χ3v) is 6.24. The lowest BCUT2D eigenvalue weighted by molar-refractivity contribution is 0.234. The molecule has 0 saturated carbocycles. The summed E-state index contributed by atoms with van der Waals surface area (Å²) in [6.45, 7) is 2.83. The second-order valence-corrected chi connectivity index (χ2v) is 8.23. The normalized spacial score (nSPS) is 12.2. The molecule has 0 fully saturated rings. The average Bonchev–Trinajstić information content (AvgIpc) is 2.97. The molecular weight excluding hydrogens is 366 g/mol. The van der Waals surface area contributed by atoms with E-state index in [0.717, 1.165) is 28.3 Å². The summed E-state index contributed by atoms with van der Waals surface area (Å²) in [6, 6.07) is 13.4. The van der Waals surface area contributed by atoms with Crippen LogP contribution in [0.15, 0.2) is 58.6 Å². The maximum atomic E-state index is 12.5. The summed E-state index contributed by atoms with van der Waals surface area (Å²) in [5, 5.41) is 0.868. The molecule has 0 bridgehead atoms. The molecule has 0 N–H and O–H groups in total. The van der Waals surface area contributed by atoms with Crippen LogP contribution in [0, 0.1) is 0 Å². The molecule has 0 aliphatic rings. The van der Waals surface area contributed by atoms with Crippen molar-refractivity contribution in [2.24, 2.45) is 0 Å². The van der Waals surface area contributed by atoms with Crippen molar-refractivity contribution in [2.45, 2.75) is 35.0 Å². The van der Waals surface area contributed by atoms with Crippen molar-refractivity contribution in [1.29, 1.82) is 0 Å². The second kappa shape index (κ2) is 7.13. The van der Waals surface area contributed by atoms with Crippen LogP contribution in [0.1, 0.15) is 12.5 Å². The predicted molar refractivity (Wildman–Crippen MR) is 94.6 cm³/mol. The van der Waals surface area contributed by atoms with Crippen molar-refractivity contribution in [2.75, 3.05) is 0 Å². The van der Waals surface area contributed by atoms with Gasteiger partial charge in [-0.2, -0.15) is 8.78 Å². The number of sulfone groups is 1. The van der Waals surface area contributed by atoms with Gasteiger partial charge in [-0.15, -0.1) is 0 Å². The molecule has 1 aromatic heterocycles. The summed E-state index contributed by atoms with van der Waals surface area (Å²) in [7, 11) is -4.55. The fourth-order valence-electron chi connectivity index (χ4n) is 2.50. The first kappa shape index (κ1) is 17.9. The SMILES string of the molecule is CCn1c(SCc2ccc(S(=O)(=O)C(F)F)cc2)nc2ccccc21. The van der Waals surface area contributed by atoms with Gasteiger partial charge in [0.25, 0.3) is 0 Å². The zero-order valence-corrected chi connectivity index (χ0v) is 15.0. The number of para-hydroxylation sites is 2. The quantitative estimate of drug-likeness (QED) is 0.595. The Morgan fingerprint density at radius 1 is 1.12 bits per heavy atom. The van der Waals surface area contributed by atoms with E-state index in [1.807, 2.05) is 31.2 Å². The van der Waals surface area contributed by atoms with Gasteiger partial charge in [0, 0.05) is 12.3 Å². The van der Waals surface area contributed by atoms with Crippen molar-refractivity contribution in [3.63, 3.8) is 0 Å². The monoisotopic (exact) mass is 382 g/mol. The topological polar surface area (TPSA) is 52.0 Å². The summed E-state index contributed by atoms with van der Waals surface area (Å²) in [6.07, 6.45) is 0. The first-order valence-electron chi connectivity index (χ1n) is 7.62. The molecule has 0 saturated heterocycles. The van der Waals surface area contributed by atoms with E-state index in [9.17, 15) is 17.2 Å². The largest absolute Gasteiger partial charge is 0.341 e. The Morgan fingerprint density at radius 3 is 2.44 bits per heavy atom. The molecule has 132 valence electrons. The number of hydrogen-bond acceptors (Lipinski definition) is 4. The van der Waals surface area contributed by atoms with E-state index in [-0.39, 0.29) is 4.90 Å². The second-order valence-electron chi connectivity index (χ2n) is 5.37. The Labute approximate surface area is 148 Å². The summed E-state index contributed by atoms with van der Waals surface area (Å²) in [4.78, 5) is 4.25. The first-order chi connectivity index (χ1) is 11.9. The third-order valence-electron chi connectivity index (χ3n) is 3.79. The number of nitrogens with zero attached hydrogens (tertiary/aromatic N) is 2. The number of fused-ring (bicyclic) bond motifs is 1. The zero-order valence-electron chi connectivity index (χ0n) is 13.4. The van der Waals surface area contributed by atoms with E-state index in [1.165, 1.54) is 23.9 Å². The van der Waals surface area contributed by atoms with Gasteiger partial charge in [-0.3, -0.25) is 0 Å². The van der Waals surface area contributed by atoms with Crippen LogP contribution in [-0.2, 0) is 22.1 Å². The van der Waals surface area contributed by atoms with Crippen molar-refractivity contribution >= 4 is 32.6 Å². The molecule has 4 nitrogen and oxygen atoms in total. The van der Waals surface area contributed by atoms with Gasteiger partial charge in [0.05, 0.1) is 15.9 Å². The number of thioether (sulfide) groups is 1. The van der Waals surface area contributed by atoms with Gasteiger partial charge in [0.2, 0.25) is 9.84 Å². The fraction of sp³-hybridized carbons (Fsp3) is 0.235. The zero-order chi connectivity index (χ0) is 18.0. The van der Waals surface area contributed by atoms with Crippen molar-refractivity contribution < 1.29 is 17.2 Å². The van der Waals surface area contributed by atoms with Crippen LogP contribution in [0.5, 0.6) is 0 Å². The summed E-state index contributed by atoms with van der Waals surface area (Å²) >= 11 is 1.52. The predicted octanol–water partition coefficient (Wildman–Crippen LogP) is 4.34. The van der Waals surface area contributed by atoms with Gasteiger partial charge in [-0.1, -0.05) is 36.0 Å². The number of hydrogen-bond donors (Lipinski definition) is 0. The lowest BCUT2D eigenvalue weighted by atomic mass is 10.2. The number of rotatable bonds is 6. The molecule has 0 aliphatic heterocycles. The fourth-order valence-corrected chi connectivity index (χ4v) is 4.25. The van der Waals surface area contributed by atoms with Gasteiger partial charge in [0.1, 0.15) is 0 Å². The van der Waals surface area contributed by atoms with Crippen LogP contribution in [-0.4, -0.2) is 23.7 Å². The number of alkyl halides is 2. The molecule has 1 heterocycles. The molecule has 0 aliphatic carbocycles. The number of aryl methyl sites for hydroxylation is 1. The minimum absolute atomic E-state index is 0.364. The summed E-state index contributed by atoms with van der Waals surface area (Å²) < 4.78 is 50.1. The van der Waals surface area contributed by atoms with Crippen molar-refractivity contribution in [1.82, 2.24) is 9.55 Å². The maximum Gasteiger partial charge on any atom is 0.341 e. The van der Waals surface area contributed by atoms with E-state index in [0.29, 0.717) is 5.75 Å². The standard InChI is InChI=1S/C17H16F2N2O2S2/c1-2-21-15-6-4-3-5-14(15)20-17(21)24-11-12-7-9-13(10-8-12)25(22,23)16(18)19/h3-10,16H,2,11H2,1H3. The van der Waals surface area contributed by atoms with Crippen LogP contribution < -0.4 is 0 Å². The van der Waals surface area contributed by atoms with Crippen molar-refractivity contribution in [3.8, 4) is 0 Å². The average molecular weight is 382 g/mol. The lowest BCUT2D eigenvalue weighted by Gasteiger charge is -2.07. The Balaban J connectivity index is 1.78. The highest BCUT2D eigenvalue weighted by Crippen LogP contribution is 2.27. The van der Waals surface area contributed by atoms with Crippen LogP contribution in [0.25, 0.3) is 11.0 Å². The van der Waals surface area contributed by atoms with Gasteiger partial charge < -0.3 is 4.57 Å². The Bertz CT molecular complexity index is 984. The van der Waals surface area contributed by atoms with Crippen LogP contribution in [0.2, 0.25) is 0 Å². The number of halogens is 2. The van der Waals surface area contributed by atoms with E-state index in [1.54, 1.807) is 12.1 Å². The molecule has 0 atom stereocenters. The molecule has 0 amide bonds. The molecule has 0 unspecified atom stereocenters. The molecule has 25 heavy (non-hydrogen) atoms. The van der Waals surface area contributed by atoms with Gasteiger partial charge in [-0.05, 0) is 36.8 Å². The highest BCUT2D eigenvalue weighted by Gasteiger charge is 2.26. The minimum atomic E-state index is -4.55. The van der Waals surface area contributed by atoms with Crippen LogP contribution >= 0.6 is 11.8 Å². The van der Waals surface area contributed by atoms with E-state index in [4.69, 9.17) is 0 Å². The Morgan fingerprint density at radius 2 is 1.80 bits per heavy atom. The summed E-state index contributed by atoms with van der Waals surface area (Å²) in [5.74, 6) is -2.84. The number of imidazole rings is 1. The van der Waals surface area contributed by atoms with Crippen LogP contribution in [0.3, 0.4) is 0 Å². The van der Waals surface area contributed by atoms with Gasteiger partial charge in [-0.25, -0.2) is 13.4 Å². The Kier molecular flexibility index (Phi) is 5.10.